The number of thiophene rings is 1. The minimum absolute atomic E-state index is 0.168. The Hall–Kier alpha value is -1.23. The quantitative estimate of drug-likeness (QED) is 0.516. The highest BCUT2D eigenvalue weighted by Crippen LogP contribution is 2.33. The van der Waals surface area contributed by atoms with Crippen LogP contribution in [0.4, 0.5) is 0 Å². The Morgan fingerprint density at radius 3 is 2.95 bits per heavy atom. The third kappa shape index (κ3) is 3.08. The largest absolute Gasteiger partial charge is 0.271 e. The van der Waals surface area contributed by atoms with E-state index in [-0.39, 0.29) is 6.04 Å². The number of aromatic nitrogens is 1. The van der Waals surface area contributed by atoms with Crippen LogP contribution in [-0.2, 0) is 19.3 Å². The van der Waals surface area contributed by atoms with Crippen molar-refractivity contribution in [2.75, 3.05) is 0 Å². The number of nitrogens with two attached hydrogens (primary N) is 1. The number of hydrogen-bond acceptors (Lipinski definition) is 4. The summed E-state index contributed by atoms with van der Waals surface area (Å²) < 4.78 is 0. The first-order valence-electron chi connectivity index (χ1n) is 7.34. The number of aryl methyl sites for hydroxylation is 2. The molecule has 0 saturated carbocycles. The lowest BCUT2D eigenvalue weighted by molar-refractivity contribution is 0.554. The molecule has 1 aliphatic carbocycles. The highest BCUT2D eigenvalue weighted by Gasteiger charge is 2.18. The van der Waals surface area contributed by atoms with E-state index in [0.29, 0.717) is 0 Å². The van der Waals surface area contributed by atoms with Gasteiger partial charge in [0.05, 0.1) is 6.04 Å². The molecule has 1 atom stereocenters. The van der Waals surface area contributed by atoms with E-state index in [2.05, 4.69) is 22.5 Å². The fourth-order valence-corrected chi connectivity index (χ4v) is 4.15. The molecule has 3 N–H and O–H groups in total. The topological polar surface area (TPSA) is 50.9 Å². The van der Waals surface area contributed by atoms with Crippen LogP contribution in [0.25, 0.3) is 0 Å². The summed E-state index contributed by atoms with van der Waals surface area (Å²) in [7, 11) is 0. The predicted octanol–water partition coefficient (Wildman–Crippen LogP) is 3.16. The molecule has 0 aromatic carbocycles. The summed E-state index contributed by atoms with van der Waals surface area (Å²) in [5.41, 5.74) is 5.59. The van der Waals surface area contributed by atoms with E-state index in [1.54, 1.807) is 10.4 Å². The van der Waals surface area contributed by atoms with Gasteiger partial charge in [0.15, 0.2) is 0 Å². The van der Waals surface area contributed by atoms with Crippen molar-refractivity contribution in [3.05, 3.63) is 51.5 Å². The van der Waals surface area contributed by atoms with E-state index in [4.69, 9.17) is 5.84 Å². The van der Waals surface area contributed by atoms with Gasteiger partial charge in [-0.05, 0) is 49.4 Å². The molecule has 2 heterocycles. The molecule has 2 aromatic heterocycles. The Labute approximate surface area is 124 Å². The maximum absolute atomic E-state index is 5.77. The monoisotopic (exact) mass is 287 g/mol. The number of hydrazine groups is 1. The molecule has 1 aliphatic rings. The van der Waals surface area contributed by atoms with Crippen LogP contribution in [-0.4, -0.2) is 4.98 Å². The first-order valence-corrected chi connectivity index (χ1v) is 8.16. The van der Waals surface area contributed by atoms with E-state index >= 15 is 0 Å². The number of rotatable bonds is 4. The van der Waals surface area contributed by atoms with Crippen LogP contribution in [0.5, 0.6) is 0 Å². The molecule has 3 nitrogen and oxygen atoms in total. The Kier molecular flexibility index (Phi) is 4.45. The van der Waals surface area contributed by atoms with Crippen molar-refractivity contribution in [2.45, 2.75) is 44.6 Å². The highest BCUT2D eigenvalue weighted by atomic mass is 32.1. The minimum Gasteiger partial charge on any atom is -0.271 e. The lowest BCUT2D eigenvalue weighted by atomic mass is 10.1. The molecule has 0 radical (unpaired) electrons. The van der Waals surface area contributed by atoms with Crippen molar-refractivity contribution >= 4 is 11.3 Å². The number of fused-ring (bicyclic) bond motifs is 1. The fourth-order valence-electron chi connectivity index (χ4n) is 2.83. The molecule has 0 spiro atoms. The van der Waals surface area contributed by atoms with Gasteiger partial charge in [-0.15, -0.1) is 11.3 Å². The average molecular weight is 287 g/mol. The Balaban J connectivity index is 1.79. The molecule has 0 aliphatic heterocycles. The molecular formula is C16H21N3S. The molecule has 0 fully saturated rings. The molecule has 2 aromatic rings. The number of pyridine rings is 1. The summed E-state index contributed by atoms with van der Waals surface area (Å²) in [6.07, 6.45) is 9.16. The second-order valence-electron chi connectivity index (χ2n) is 5.40. The number of hydrogen-bond donors (Lipinski definition) is 2. The van der Waals surface area contributed by atoms with E-state index in [9.17, 15) is 0 Å². The maximum Gasteiger partial charge on any atom is 0.0608 e. The first kappa shape index (κ1) is 13.7. The molecule has 20 heavy (non-hydrogen) atoms. The van der Waals surface area contributed by atoms with Gasteiger partial charge in [0.1, 0.15) is 0 Å². The second-order valence-corrected chi connectivity index (χ2v) is 6.57. The molecule has 106 valence electrons. The molecule has 1 unspecified atom stereocenters. The lowest BCUT2D eigenvalue weighted by Gasteiger charge is -2.13. The zero-order chi connectivity index (χ0) is 13.8. The van der Waals surface area contributed by atoms with Gasteiger partial charge in [0, 0.05) is 28.1 Å². The third-order valence-electron chi connectivity index (χ3n) is 3.95. The van der Waals surface area contributed by atoms with Gasteiger partial charge < -0.3 is 0 Å². The number of nitrogens with zero attached hydrogens (tertiary/aromatic N) is 1. The zero-order valence-electron chi connectivity index (χ0n) is 11.6. The lowest BCUT2D eigenvalue weighted by Crippen LogP contribution is -2.29. The van der Waals surface area contributed by atoms with E-state index in [1.807, 2.05) is 29.7 Å². The SMILES string of the molecule is NNC(Cc1ccccn1)c1cc2c(s1)CCCCC2. The first-order chi connectivity index (χ1) is 9.86. The Bertz CT molecular complexity index is 527. The Morgan fingerprint density at radius 2 is 2.15 bits per heavy atom. The summed E-state index contributed by atoms with van der Waals surface area (Å²) in [5.74, 6) is 5.77. The average Bonchev–Trinajstić information content (AvgIpc) is 2.76. The standard InChI is InChI=1S/C16H21N3S/c17-19-14(11-13-7-4-5-9-18-13)16-10-12-6-2-1-3-8-15(12)20-16/h4-5,7,9-10,14,19H,1-3,6,8,11,17H2. The van der Waals surface area contributed by atoms with Crippen LogP contribution < -0.4 is 11.3 Å². The van der Waals surface area contributed by atoms with Crippen LogP contribution in [0.2, 0.25) is 0 Å². The summed E-state index contributed by atoms with van der Waals surface area (Å²) in [5, 5.41) is 0. The van der Waals surface area contributed by atoms with Gasteiger partial charge in [0.2, 0.25) is 0 Å². The molecular weight excluding hydrogens is 266 g/mol. The van der Waals surface area contributed by atoms with Gasteiger partial charge in [0.25, 0.3) is 0 Å². The van der Waals surface area contributed by atoms with Crippen molar-refractivity contribution in [3.63, 3.8) is 0 Å². The normalized spacial score (nSPS) is 16.4. The minimum atomic E-state index is 0.168. The van der Waals surface area contributed by atoms with Crippen LogP contribution in [0.1, 0.15) is 46.3 Å². The summed E-state index contributed by atoms with van der Waals surface area (Å²) in [6.45, 7) is 0. The van der Waals surface area contributed by atoms with Crippen LogP contribution in [0.3, 0.4) is 0 Å². The third-order valence-corrected chi connectivity index (χ3v) is 5.30. The van der Waals surface area contributed by atoms with E-state index in [1.165, 1.54) is 37.0 Å². The van der Waals surface area contributed by atoms with Gasteiger partial charge >= 0.3 is 0 Å². The summed E-state index contributed by atoms with van der Waals surface area (Å²) in [6, 6.07) is 8.56. The second kappa shape index (κ2) is 6.48. The van der Waals surface area contributed by atoms with Crippen molar-refractivity contribution in [3.8, 4) is 0 Å². The Morgan fingerprint density at radius 1 is 1.25 bits per heavy atom. The van der Waals surface area contributed by atoms with Crippen LogP contribution in [0.15, 0.2) is 30.5 Å². The smallest absolute Gasteiger partial charge is 0.0608 e. The summed E-state index contributed by atoms with van der Waals surface area (Å²) in [4.78, 5) is 7.32. The molecule has 4 heteroatoms. The van der Waals surface area contributed by atoms with Crippen LogP contribution >= 0.6 is 11.3 Å². The molecule has 3 rings (SSSR count). The van der Waals surface area contributed by atoms with Crippen molar-refractivity contribution in [1.29, 1.82) is 0 Å². The van der Waals surface area contributed by atoms with E-state index in [0.717, 1.165) is 12.1 Å². The molecule has 0 amide bonds. The summed E-state index contributed by atoms with van der Waals surface area (Å²) >= 11 is 1.93. The predicted molar refractivity (Wildman–Crippen MR) is 83.6 cm³/mol. The van der Waals surface area contributed by atoms with Gasteiger partial charge in [-0.25, -0.2) is 0 Å². The van der Waals surface area contributed by atoms with Crippen molar-refractivity contribution in [2.24, 2.45) is 5.84 Å². The van der Waals surface area contributed by atoms with Gasteiger partial charge in [-0.1, -0.05) is 12.5 Å². The fraction of sp³-hybridized carbons (Fsp3) is 0.438. The van der Waals surface area contributed by atoms with Gasteiger partial charge in [-0.3, -0.25) is 16.3 Å². The van der Waals surface area contributed by atoms with Crippen molar-refractivity contribution in [1.82, 2.24) is 10.4 Å². The molecule has 0 saturated heterocycles. The zero-order valence-corrected chi connectivity index (χ0v) is 12.5. The van der Waals surface area contributed by atoms with Gasteiger partial charge in [-0.2, -0.15) is 0 Å². The highest BCUT2D eigenvalue weighted by molar-refractivity contribution is 7.12. The number of nitrogens with one attached hydrogen (secondary N) is 1. The maximum atomic E-state index is 5.77. The van der Waals surface area contributed by atoms with E-state index < -0.39 is 0 Å². The molecule has 0 bridgehead atoms. The van der Waals surface area contributed by atoms with Crippen LogP contribution in [0, 0.1) is 0 Å². The van der Waals surface area contributed by atoms with Crippen molar-refractivity contribution < 1.29 is 0 Å².